The Labute approximate surface area is 114 Å². The van der Waals surface area contributed by atoms with Gasteiger partial charge in [0.15, 0.2) is 5.78 Å². The number of hydrogen-bond acceptors (Lipinski definition) is 4. The van der Waals surface area contributed by atoms with Crippen molar-refractivity contribution < 1.29 is 14.6 Å². The van der Waals surface area contributed by atoms with Gasteiger partial charge in [0, 0.05) is 24.6 Å². The minimum absolute atomic E-state index is 0.0137. The third-order valence-corrected chi connectivity index (χ3v) is 3.57. The van der Waals surface area contributed by atoms with Crippen molar-refractivity contribution in [2.75, 3.05) is 32.9 Å². The van der Waals surface area contributed by atoms with Gasteiger partial charge in [0.25, 0.3) is 0 Å². The zero-order valence-corrected chi connectivity index (χ0v) is 11.3. The number of nitrogens with zero attached hydrogens (tertiary/aromatic N) is 1. The molecule has 1 saturated heterocycles. The number of aliphatic hydroxyl groups is 1. The third kappa shape index (κ3) is 3.62. The highest BCUT2D eigenvalue weighted by molar-refractivity contribution is 5.97. The molecule has 1 fully saturated rings. The van der Waals surface area contributed by atoms with Crippen LogP contribution in [-0.4, -0.2) is 54.7 Å². The Bertz CT molecular complexity index is 407. The summed E-state index contributed by atoms with van der Waals surface area (Å²) in [4.78, 5) is 14.4. The number of rotatable bonds is 5. The molecule has 104 valence electrons. The highest BCUT2D eigenvalue weighted by Gasteiger charge is 2.26. The van der Waals surface area contributed by atoms with Gasteiger partial charge in [0.05, 0.1) is 25.9 Å². The Hall–Kier alpha value is -1.23. The summed E-state index contributed by atoms with van der Waals surface area (Å²) in [6, 6.07) is 9.38. The molecule has 1 aromatic rings. The van der Waals surface area contributed by atoms with Crippen molar-refractivity contribution in [1.29, 1.82) is 0 Å². The lowest BCUT2D eigenvalue weighted by Crippen LogP contribution is -2.49. The van der Waals surface area contributed by atoms with Crippen LogP contribution >= 0.6 is 0 Å². The second-order valence-corrected chi connectivity index (χ2v) is 5.04. The fourth-order valence-electron chi connectivity index (χ4n) is 2.42. The predicted octanol–water partition coefficient (Wildman–Crippen LogP) is 1.20. The Balaban J connectivity index is 1.96. The third-order valence-electron chi connectivity index (χ3n) is 3.57. The minimum atomic E-state index is -0.0745. The van der Waals surface area contributed by atoms with Gasteiger partial charge in [-0.3, -0.25) is 9.69 Å². The molecule has 19 heavy (non-hydrogen) atoms. The molecule has 0 spiro atoms. The minimum Gasteiger partial charge on any atom is -0.395 e. The second kappa shape index (κ2) is 6.80. The molecule has 2 atom stereocenters. The van der Waals surface area contributed by atoms with Crippen molar-refractivity contribution in [2.24, 2.45) is 5.92 Å². The highest BCUT2D eigenvalue weighted by Crippen LogP contribution is 2.14. The molecule has 0 aromatic heterocycles. The number of morpholine rings is 1. The van der Waals surface area contributed by atoms with Crippen LogP contribution in [0.25, 0.3) is 0 Å². The molecule has 4 heteroatoms. The van der Waals surface area contributed by atoms with Gasteiger partial charge in [0.1, 0.15) is 0 Å². The van der Waals surface area contributed by atoms with E-state index in [4.69, 9.17) is 4.74 Å². The zero-order valence-electron chi connectivity index (χ0n) is 11.3. The van der Waals surface area contributed by atoms with E-state index in [0.29, 0.717) is 19.8 Å². The first kappa shape index (κ1) is 14.2. The largest absolute Gasteiger partial charge is 0.395 e. The average Bonchev–Trinajstić information content (AvgIpc) is 2.48. The van der Waals surface area contributed by atoms with E-state index >= 15 is 0 Å². The molecule has 0 bridgehead atoms. The molecule has 4 nitrogen and oxygen atoms in total. The number of ether oxygens (including phenoxy) is 1. The van der Waals surface area contributed by atoms with Crippen molar-refractivity contribution in [1.82, 2.24) is 4.90 Å². The molecule has 0 saturated carbocycles. The van der Waals surface area contributed by atoms with E-state index in [0.717, 1.165) is 12.1 Å². The molecule has 1 aliphatic heterocycles. The molecule has 1 aromatic carbocycles. The summed E-state index contributed by atoms with van der Waals surface area (Å²) < 4.78 is 5.34. The summed E-state index contributed by atoms with van der Waals surface area (Å²) in [7, 11) is 0. The molecular weight excluding hydrogens is 242 g/mol. The van der Waals surface area contributed by atoms with Gasteiger partial charge in [-0.05, 0) is 0 Å². The highest BCUT2D eigenvalue weighted by atomic mass is 16.5. The maximum atomic E-state index is 12.3. The molecule has 0 amide bonds. The van der Waals surface area contributed by atoms with Crippen LogP contribution < -0.4 is 0 Å². The van der Waals surface area contributed by atoms with Crippen LogP contribution in [0.3, 0.4) is 0 Å². The van der Waals surface area contributed by atoms with Gasteiger partial charge >= 0.3 is 0 Å². The van der Waals surface area contributed by atoms with Crippen LogP contribution in [0.5, 0.6) is 0 Å². The monoisotopic (exact) mass is 263 g/mol. The van der Waals surface area contributed by atoms with Crippen LogP contribution in [0.2, 0.25) is 0 Å². The Morgan fingerprint density at radius 2 is 2.21 bits per heavy atom. The van der Waals surface area contributed by atoms with Gasteiger partial charge in [-0.2, -0.15) is 0 Å². The van der Waals surface area contributed by atoms with Crippen LogP contribution in [0, 0.1) is 5.92 Å². The van der Waals surface area contributed by atoms with Crippen molar-refractivity contribution in [3.8, 4) is 0 Å². The quantitative estimate of drug-likeness (QED) is 0.811. The SMILES string of the molecule is CC(CN1CCOCC1CO)C(=O)c1ccccc1. The molecule has 1 N–H and O–H groups in total. The van der Waals surface area contributed by atoms with Gasteiger partial charge in [-0.1, -0.05) is 37.3 Å². The summed E-state index contributed by atoms with van der Waals surface area (Å²) in [5.74, 6) is 0.0818. The summed E-state index contributed by atoms with van der Waals surface area (Å²) in [6.07, 6.45) is 0. The second-order valence-electron chi connectivity index (χ2n) is 5.04. The van der Waals surface area contributed by atoms with E-state index in [9.17, 15) is 9.90 Å². The van der Waals surface area contributed by atoms with Gasteiger partial charge in [-0.25, -0.2) is 0 Å². The first-order valence-corrected chi connectivity index (χ1v) is 6.74. The van der Waals surface area contributed by atoms with Crippen LogP contribution in [0.4, 0.5) is 0 Å². The molecule has 1 aliphatic rings. The normalized spacial score (nSPS) is 22.1. The topological polar surface area (TPSA) is 49.8 Å². The van der Waals surface area contributed by atoms with E-state index in [1.54, 1.807) is 0 Å². The average molecular weight is 263 g/mol. The first-order chi connectivity index (χ1) is 9.22. The van der Waals surface area contributed by atoms with Gasteiger partial charge in [-0.15, -0.1) is 0 Å². The summed E-state index contributed by atoms with van der Waals surface area (Å²) >= 11 is 0. The van der Waals surface area contributed by atoms with E-state index in [-0.39, 0.29) is 24.3 Å². The summed E-state index contributed by atoms with van der Waals surface area (Å²) in [5.41, 5.74) is 0.754. The summed E-state index contributed by atoms with van der Waals surface area (Å²) in [6.45, 7) is 4.68. The standard InChI is InChI=1S/C15H21NO3/c1-12(15(18)13-5-3-2-4-6-13)9-16-7-8-19-11-14(16)10-17/h2-6,12,14,17H,7-11H2,1H3. The molecule has 1 heterocycles. The lowest BCUT2D eigenvalue weighted by atomic mass is 9.98. The summed E-state index contributed by atoms with van der Waals surface area (Å²) in [5, 5.41) is 9.32. The number of aliphatic hydroxyl groups excluding tert-OH is 1. The van der Waals surface area contributed by atoms with E-state index in [2.05, 4.69) is 4.90 Å². The van der Waals surface area contributed by atoms with Crippen molar-refractivity contribution in [3.63, 3.8) is 0 Å². The van der Waals surface area contributed by atoms with Gasteiger partial charge < -0.3 is 9.84 Å². The number of Topliss-reactive ketones (excluding diaryl/α,β-unsaturated/α-hetero) is 1. The number of hydrogen-bond donors (Lipinski definition) is 1. The number of ketones is 1. The number of carbonyl (C=O) groups is 1. The van der Waals surface area contributed by atoms with Crippen LogP contribution in [-0.2, 0) is 4.74 Å². The fraction of sp³-hybridized carbons (Fsp3) is 0.533. The fourth-order valence-corrected chi connectivity index (χ4v) is 2.42. The smallest absolute Gasteiger partial charge is 0.166 e. The maximum Gasteiger partial charge on any atom is 0.166 e. The number of benzene rings is 1. The Morgan fingerprint density at radius 1 is 1.47 bits per heavy atom. The maximum absolute atomic E-state index is 12.3. The molecular formula is C15H21NO3. The van der Waals surface area contributed by atoms with Crippen LogP contribution in [0.1, 0.15) is 17.3 Å². The molecule has 0 radical (unpaired) electrons. The van der Waals surface area contributed by atoms with Crippen LogP contribution in [0.15, 0.2) is 30.3 Å². The van der Waals surface area contributed by atoms with E-state index in [1.807, 2.05) is 37.3 Å². The van der Waals surface area contributed by atoms with E-state index < -0.39 is 0 Å². The first-order valence-electron chi connectivity index (χ1n) is 6.74. The van der Waals surface area contributed by atoms with Gasteiger partial charge in [0.2, 0.25) is 0 Å². The molecule has 2 unspecified atom stereocenters. The molecule has 0 aliphatic carbocycles. The number of carbonyl (C=O) groups excluding carboxylic acids is 1. The van der Waals surface area contributed by atoms with E-state index in [1.165, 1.54) is 0 Å². The Morgan fingerprint density at radius 3 is 2.89 bits per heavy atom. The predicted molar refractivity (Wildman–Crippen MR) is 73.2 cm³/mol. The van der Waals surface area contributed by atoms with Crippen molar-refractivity contribution >= 4 is 5.78 Å². The zero-order chi connectivity index (χ0) is 13.7. The Kier molecular flexibility index (Phi) is 5.07. The van der Waals surface area contributed by atoms with Crippen molar-refractivity contribution in [3.05, 3.63) is 35.9 Å². The lowest BCUT2D eigenvalue weighted by Gasteiger charge is -2.35. The van der Waals surface area contributed by atoms with Crippen molar-refractivity contribution in [2.45, 2.75) is 13.0 Å². The molecule has 2 rings (SSSR count). The lowest BCUT2D eigenvalue weighted by molar-refractivity contribution is -0.0313.